The molecule has 1 heterocycles. The van der Waals surface area contributed by atoms with Crippen LogP contribution in [0.5, 0.6) is 11.5 Å². The molecule has 0 spiro atoms. The molecule has 6 nitrogen and oxygen atoms in total. The molecule has 1 atom stereocenters. The topological polar surface area (TPSA) is 71.6 Å². The average molecular weight is 476 g/mol. The van der Waals surface area contributed by atoms with Crippen LogP contribution in [-0.4, -0.2) is 24.7 Å². The van der Waals surface area contributed by atoms with Gasteiger partial charge in [-0.05, 0) is 71.8 Å². The maximum Gasteiger partial charge on any atom is 0.255 e. The second kappa shape index (κ2) is 9.28. The molecule has 0 unspecified atom stereocenters. The van der Waals surface area contributed by atoms with Crippen molar-refractivity contribution < 1.29 is 14.3 Å². The third kappa shape index (κ3) is 4.71. The number of rotatable bonds is 6. The van der Waals surface area contributed by atoms with E-state index in [1.165, 1.54) is 0 Å². The van der Waals surface area contributed by atoms with Crippen LogP contribution in [-0.2, 0) is 4.79 Å². The van der Waals surface area contributed by atoms with Crippen LogP contribution in [0.25, 0.3) is 0 Å². The molecule has 1 amide bonds. The zero-order chi connectivity index (χ0) is 21.0. The Hall–Kier alpha value is -2.58. The fraction of sp³-hybridized carbons (Fsp3) is 0.238. The summed E-state index contributed by atoms with van der Waals surface area (Å²) >= 11 is 8.88. The number of halogens is 1. The van der Waals surface area contributed by atoms with Crippen LogP contribution in [0.3, 0.4) is 0 Å². The van der Waals surface area contributed by atoms with Gasteiger partial charge in [0.15, 0.2) is 16.6 Å². The number of amides is 1. The van der Waals surface area contributed by atoms with Gasteiger partial charge in [0.25, 0.3) is 5.91 Å². The van der Waals surface area contributed by atoms with Crippen molar-refractivity contribution in [2.24, 2.45) is 0 Å². The normalized spacial score (nSPS) is 16.0. The molecule has 0 bridgehead atoms. The van der Waals surface area contributed by atoms with Gasteiger partial charge in [0.05, 0.1) is 29.8 Å². The average Bonchev–Trinajstić information content (AvgIpc) is 2.69. The Morgan fingerprint density at radius 3 is 2.66 bits per heavy atom. The molecule has 3 rings (SSSR count). The minimum absolute atomic E-state index is 0.217. The van der Waals surface area contributed by atoms with Crippen molar-refractivity contribution in [2.45, 2.75) is 19.9 Å². The van der Waals surface area contributed by atoms with Gasteiger partial charge in [0.1, 0.15) is 0 Å². The number of nitrogens with one attached hydrogen (secondary N) is 3. The number of anilines is 1. The van der Waals surface area contributed by atoms with Crippen molar-refractivity contribution >= 4 is 44.9 Å². The van der Waals surface area contributed by atoms with Crippen LogP contribution in [0.4, 0.5) is 5.69 Å². The van der Waals surface area contributed by atoms with Gasteiger partial charge in [0, 0.05) is 11.4 Å². The van der Waals surface area contributed by atoms with E-state index < -0.39 is 6.04 Å². The first-order valence-corrected chi connectivity index (χ1v) is 10.3. The van der Waals surface area contributed by atoms with Crippen molar-refractivity contribution in [3.8, 4) is 11.5 Å². The number of methoxy groups -OCH3 is 1. The lowest BCUT2D eigenvalue weighted by atomic mass is 9.94. The zero-order valence-electron chi connectivity index (χ0n) is 16.3. The molecule has 8 heteroatoms. The standard InChI is InChI=1S/C21H22BrN3O3S/c1-4-28-19-15(22)10-13(11-16(19)27-3)18-17(12(2)23-21(29)25-18)20(26)24-14-8-6-5-7-9-14/h5-11,18H,4H2,1-3H3,(H,24,26)(H2,23,25,29)/t18-/m0/s1. The van der Waals surface area contributed by atoms with Crippen LogP contribution < -0.4 is 25.4 Å². The lowest BCUT2D eigenvalue weighted by molar-refractivity contribution is -0.113. The Morgan fingerprint density at radius 2 is 2.00 bits per heavy atom. The van der Waals surface area contributed by atoms with E-state index in [1.807, 2.05) is 56.3 Å². The molecule has 0 radical (unpaired) electrons. The van der Waals surface area contributed by atoms with E-state index in [2.05, 4.69) is 31.9 Å². The van der Waals surface area contributed by atoms with Crippen LogP contribution in [0.15, 0.2) is 58.2 Å². The van der Waals surface area contributed by atoms with Crippen molar-refractivity contribution in [3.05, 3.63) is 63.8 Å². The van der Waals surface area contributed by atoms with E-state index in [0.29, 0.717) is 34.5 Å². The lowest BCUT2D eigenvalue weighted by Gasteiger charge is -2.31. The monoisotopic (exact) mass is 475 g/mol. The van der Waals surface area contributed by atoms with E-state index in [0.717, 1.165) is 15.7 Å². The van der Waals surface area contributed by atoms with Gasteiger partial charge >= 0.3 is 0 Å². The molecule has 0 aliphatic carbocycles. The van der Waals surface area contributed by atoms with E-state index in [4.69, 9.17) is 21.7 Å². The second-order valence-electron chi connectivity index (χ2n) is 6.36. The summed E-state index contributed by atoms with van der Waals surface area (Å²) in [6.45, 7) is 4.25. The number of allylic oxidation sites excluding steroid dienone is 1. The molecular weight excluding hydrogens is 454 g/mol. The zero-order valence-corrected chi connectivity index (χ0v) is 18.7. The number of carbonyl (C=O) groups excluding carboxylic acids is 1. The summed E-state index contributed by atoms with van der Waals surface area (Å²) in [5.74, 6) is 0.972. The predicted molar refractivity (Wildman–Crippen MR) is 121 cm³/mol. The highest BCUT2D eigenvalue weighted by atomic mass is 79.9. The summed E-state index contributed by atoms with van der Waals surface area (Å²) in [7, 11) is 1.58. The number of carbonyl (C=O) groups is 1. The summed E-state index contributed by atoms with van der Waals surface area (Å²) < 4.78 is 11.9. The molecule has 3 N–H and O–H groups in total. The summed E-state index contributed by atoms with van der Waals surface area (Å²) in [6.07, 6.45) is 0. The van der Waals surface area contributed by atoms with Crippen LogP contribution >= 0.6 is 28.1 Å². The molecule has 29 heavy (non-hydrogen) atoms. The number of hydrogen-bond acceptors (Lipinski definition) is 4. The SMILES string of the molecule is CCOc1c(Br)cc([C@@H]2NC(=S)NC(C)=C2C(=O)Nc2ccccc2)cc1OC. The highest BCUT2D eigenvalue weighted by Gasteiger charge is 2.31. The maximum atomic E-state index is 13.1. The Morgan fingerprint density at radius 1 is 1.28 bits per heavy atom. The minimum Gasteiger partial charge on any atom is -0.493 e. The van der Waals surface area contributed by atoms with Crippen molar-refractivity contribution in [2.75, 3.05) is 19.0 Å². The van der Waals surface area contributed by atoms with Gasteiger partial charge < -0.3 is 25.4 Å². The molecule has 1 aliphatic heterocycles. The van der Waals surface area contributed by atoms with Gasteiger partial charge in [-0.1, -0.05) is 18.2 Å². The van der Waals surface area contributed by atoms with Gasteiger partial charge in [-0.15, -0.1) is 0 Å². The smallest absolute Gasteiger partial charge is 0.255 e. The largest absolute Gasteiger partial charge is 0.493 e. The Labute approximate surface area is 183 Å². The fourth-order valence-corrected chi connectivity index (χ4v) is 4.00. The number of hydrogen-bond donors (Lipinski definition) is 3. The molecule has 2 aromatic rings. The van der Waals surface area contributed by atoms with Crippen molar-refractivity contribution in [1.29, 1.82) is 0 Å². The molecule has 0 saturated carbocycles. The Balaban J connectivity index is 2.01. The number of thiocarbonyl (C=S) groups is 1. The van der Waals surface area contributed by atoms with Crippen LogP contribution in [0, 0.1) is 0 Å². The first-order valence-electron chi connectivity index (χ1n) is 9.09. The van der Waals surface area contributed by atoms with E-state index in [-0.39, 0.29) is 5.91 Å². The third-order valence-electron chi connectivity index (χ3n) is 4.42. The molecular formula is C21H22BrN3O3S. The number of benzene rings is 2. The highest BCUT2D eigenvalue weighted by molar-refractivity contribution is 9.10. The van der Waals surface area contributed by atoms with Gasteiger partial charge in [0.2, 0.25) is 0 Å². The summed E-state index contributed by atoms with van der Waals surface area (Å²) in [5.41, 5.74) is 2.77. The molecule has 1 aliphatic rings. The molecule has 0 fully saturated rings. The number of ether oxygens (including phenoxy) is 2. The number of para-hydroxylation sites is 1. The van der Waals surface area contributed by atoms with Crippen molar-refractivity contribution in [1.82, 2.24) is 10.6 Å². The predicted octanol–water partition coefficient (Wildman–Crippen LogP) is 4.29. The fourth-order valence-electron chi connectivity index (χ4n) is 3.16. The molecule has 152 valence electrons. The van der Waals surface area contributed by atoms with Crippen molar-refractivity contribution in [3.63, 3.8) is 0 Å². The molecule has 2 aromatic carbocycles. The lowest BCUT2D eigenvalue weighted by Crippen LogP contribution is -2.45. The van der Waals surface area contributed by atoms with E-state index >= 15 is 0 Å². The van der Waals surface area contributed by atoms with Gasteiger partial charge in [-0.2, -0.15) is 0 Å². The maximum absolute atomic E-state index is 13.1. The molecule has 0 saturated heterocycles. The second-order valence-corrected chi connectivity index (χ2v) is 7.62. The highest BCUT2D eigenvalue weighted by Crippen LogP contribution is 2.40. The van der Waals surface area contributed by atoms with Gasteiger partial charge in [-0.3, -0.25) is 4.79 Å². The summed E-state index contributed by atoms with van der Waals surface area (Å²) in [6, 6.07) is 12.6. The van der Waals surface area contributed by atoms with Crippen LogP contribution in [0.1, 0.15) is 25.5 Å². The molecule has 0 aromatic heterocycles. The Kier molecular flexibility index (Phi) is 6.76. The van der Waals surface area contributed by atoms with Gasteiger partial charge in [-0.25, -0.2) is 0 Å². The van der Waals surface area contributed by atoms with E-state index in [9.17, 15) is 4.79 Å². The van der Waals surface area contributed by atoms with Crippen LogP contribution in [0.2, 0.25) is 0 Å². The third-order valence-corrected chi connectivity index (χ3v) is 5.23. The minimum atomic E-state index is -0.451. The quantitative estimate of drug-likeness (QED) is 0.541. The summed E-state index contributed by atoms with van der Waals surface area (Å²) in [5, 5.41) is 9.63. The van der Waals surface area contributed by atoms with E-state index in [1.54, 1.807) is 7.11 Å². The first-order chi connectivity index (χ1) is 13.9. The Bertz CT molecular complexity index is 963. The summed E-state index contributed by atoms with van der Waals surface area (Å²) in [4.78, 5) is 13.1. The first kappa shape index (κ1) is 21.1.